The van der Waals surface area contributed by atoms with Gasteiger partial charge in [0.15, 0.2) is 0 Å². The fraction of sp³-hybridized carbons (Fsp3) is 0.857. The summed E-state index contributed by atoms with van der Waals surface area (Å²) in [6, 6.07) is 0. The molecular weight excluding hydrogens is 243 g/mol. The molecular formula is C14H23BO2S. The van der Waals surface area contributed by atoms with Gasteiger partial charge in [-0.2, -0.15) is 11.8 Å². The van der Waals surface area contributed by atoms with E-state index in [1.165, 1.54) is 24.7 Å². The number of allylic oxidation sites excluding steroid dienone is 1. The van der Waals surface area contributed by atoms with Crippen molar-refractivity contribution in [2.24, 2.45) is 0 Å². The maximum atomic E-state index is 6.17. The molecule has 4 heteroatoms. The van der Waals surface area contributed by atoms with Crippen molar-refractivity contribution in [3.8, 4) is 0 Å². The van der Waals surface area contributed by atoms with Gasteiger partial charge in [0.2, 0.25) is 0 Å². The van der Waals surface area contributed by atoms with Gasteiger partial charge < -0.3 is 9.31 Å². The van der Waals surface area contributed by atoms with Crippen LogP contribution in [0.25, 0.3) is 0 Å². The van der Waals surface area contributed by atoms with Gasteiger partial charge in [-0.15, -0.1) is 0 Å². The fourth-order valence-corrected chi connectivity index (χ4v) is 4.58. The van der Waals surface area contributed by atoms with Crippen LogP contribution >= 0.6 is 11.8 Å². The van der Waals surface area contributed by atoms with Gasteiger partial charge in [0, 0.05) is 10.5 Å². The Morgan fingerprint density at radius 2 is 1.83 bits per heavy atom. The van der Waals surface area contributed by atoms with Crippen molar-refractivity contribution >= 4 is 18.9 Å². The average Bonchev–Trinajstić information content (AvgIpc) is 2.47. The first-order valence-electron chi connectivity index (χ1n) is 7.09. The molecule has 3 rings (SSSR count). The van der Waals surface area contributed by atoms with Gasteiger partial charge in [0.1, 0.15) is 0 Å². The van der Waals surface area contributed by atoms with Crippen LogP contribution in [0.1, 0.15) is 53.4 Å². The van der Waals surface area contributed by atoms with E-state index in [4.69, 9.17) is 9.31 Å². The molecule has 2 nitrogen and oxygen atoms in total. The third-order valence-electron chi connectivity index (χ3n) is 4.80. The fourth-order valence-electron chi connectivity index (χ4n) is 2.94. The predicted octanol–water partition coefficient (Wildman–Crippen LogP) is 3.60. The van der Waals surface area contributed by atoms with Crippen LogP contribution in [0.4, 0.5) is 0 Å². The lowest BCUT2D eigenvalue weighted by Gasteiger charge is -2.33. The van der Waals surface area contributed by atoms with Gasteiger partial charge in [-0.3, -0.25) is 0 Å². The van der Waals surface area contributed by atoms with E-state index in [1.807, 2.05) is 0 Å². The Morgan fingerprint density at radius 3 is 2.44 bits per heavy atom. The van der Waals surface area contributed by atoms with Gasteiger partial charge in [-0.1, -0.05) is 12.5 Å². The first-order valence-corrected chi connectivity index (χ1v) is 8.03. The SMILES string of the molecule is CC1(C)OB(C2=CC3CCCC(C2)S3)OC1(C)C. The van der Waals surface area contributed by atoms with Crippen LogP contribution in [0.3, 0.4) is 0 Å². The molecule has 2 unspecified atom stereocenters. The van der Waals surface area contributed by atoms with Crippen molar-refractivity contribution in [3.05, 3.63) is 11.5 Å². The van der Waals surface area contributed by atoms with Gasteiger partial charge >= 0.3 is 7.12 Å². The van der Waals surface area contributed by atoms with Gasteiger partial charge in [-0.05, 0) is 52.4 Å². The van der Waals surface area contributed by atoms with Crippen molar-refractivity contribution in [1.29, 1.82) is 0 Å². The van der Waals surface area contributed by atoms with Crippen LogP contribution in [0, 0.1) is 0 Å². The van der Waals surface area contributed by atoms with E-state index in [1.54, 1.807) is 0 Å². The molecule has 3 aliphatic heterocycles. The zero-order valence-corrected chi connectivity index (χ0v) is 12.7. The third kappa shape index (κ3) is 2.17. The van der Waals surface area contributed by atoms with E-state index >= 15 is 0 Å². The summed E-state index contributed by atoms with van der Waals surface area (Å²) in [6.45, 7) is 8.52. The standard InChI is InChI=1S/C14H23BO2S/c1-13(2)14(3,4)17-15(16-13)10-8-11-6-5-7-12(9-10)18-11/h8,11-12H,5-7,9H2,1-4H3. The highest BCUT2D eigenvalue weighted by Gasteiger charge is 2.53. The van der Waals surface area contributed by atoms with Crippen LogP contribution in [-0.2, 0) is 9.31 Å². The molecule has 0 radical (unpaired) electrons. The Hall–Kier alpha value is 0.0749. The summed E-state index contributed by atoms with van der Waals surface area (Å²) in [4.78, 5) is 0. The maximum absolute atomic E-state index is 6.17. The zero-order valence-electron chi connectivity index (χ0n) is 11.9. The van der Waals surface area contributed by atoms with Crippen molar-refractivity contribution in [1.82, 2.24) is 0 Å². The summed E-state index contributed by atoms with van der Waals surface area (Å²) in [6.07, 6.45) is 7.64. The third-order valence-corrected chi connectivity index (χ3v) is 6.31. The topological polar surface area (TPSA) is 18.5 Å². The van der Waals surface area contributed by atoms with Crippen molar-refractivity contribution in [3.63, 3.8) is 0 Å². The Bertz CT molecular complexity index is 362. The van der Waals surface area contributed by atoms with Gasteiger partial charge in [0.25, 0.3) is 0 Å². The van der Waals surface area contributed by atoms with Crippen LogP contribution in [-0.4, -0.2) is 28.8 Å². The molecule has 2 saturated heterocycles. The maximum Gasteiger partial charge on any atom is 0.490 e. The highest BCUT2D eigenvalue weighted by atomic mass is 32.2. The van der Waals surface area contributed by atoms with E-state index in [0.717, 1.165) is 11.7 Å². The molecule has 0 aromatic rings. The lowest BCUT2D eigenvalue weighted by molar-refractivity contribution is 0.00578. The molecule has 3 heterocycles. The number of thioether (sulfide) groups is 1. The number of rotatable bonds is 1. The van der Waals surface area contributed by atoms with Gasteiger partial charge in [0.05, 0.1) is 11.2 Å². The van der Waals surface area contributed by atoms with Crippen molar-refractivity contribution in [2.45, 2.75) is 75.1 Å². The molecule has 0 aromatic heterocycles. The van der Waals surface area contributed by atoms with Crippen LogP contribution < -0.4 is 0 Å². The highest BCUT2D eigenvalue weighted by molar-refractivity contribution is 8.00. The van der Waals surface area contributed by atoms with Crippen molar-refractivity contribution in [2.75, 3.05) is 0 Å². The van der Waals surface area contributed by atoms with Crippen molar-refractivity contribution < 1.29 is 9.31 Å². The van der Waals surface area contributed by atoms with Crippen LogP contribution in [0.15, 0.2) is 11.5 Å². The first-order chi connectivity index (χ1) is 8.37. The highest BCUT2D eigenvalue weighted by Crippen LogP contribution is 2.45. The normalized spacial score (nSPS) is 37.6. The monoisotopic (exact) mass is 266 g/mol. The summed E-state index contributed by atoms with van der Waals surface area (Å²) in [5.41, 5.74) is 0.971. The Labute approximate surface area is 115 Å². The predicted molar refractivity (Wildman–Crippen MR) is 77.8 cm³/mol. The van der Waals surface area contributed by atoms with E-state index < -0.39 is 0 Å². The smallest absolute Gasteiger partial charge is 0.400 e. The molecule has 100 valence electrons. The second kappa shape index (κ2) is 4.29. The summed E-state index contributed by atoms with van der Waals surface area (Å²) < 4.78 is 12.3. The van der Waals surface area contributed by atoms with E-state index in [-0.39, 0.29) is 18.3 Å². The summed E-state index contributed by atoms with van der Waals surface area (Å²) in [5.74, 6) is 0. The molecule has 18 heavy (non-hydrogen) atoms. The zero-order chi connectivity index (χ0) is 13.0. The number of hydrogen-bond donors (Lipinski definition) is 0. The minimum Gasteiger partial charge on any atom is -0.400 e. The molecule has 3 aliphatic rings. The largest absolute Gasteiger partial charge is 0.490 e. The minimum atomic E-state index is -0.210. The summed E-state index contributed by atoms with van der Waals surface area (Å²) in [5, 5.41) is 1.49. The molecule has 0 spiro atoms. The minimum absolute atomic E-state index is 0.112. The Kier molecular flexibility index (Phi) is 3.12. The first kappa shape index (κ1) is 13.1. The number of hydrogen-bond acceptors (Lipinski definition) is 3. The molecule has 0 saturated carbocycles. The van der Waals surface area contributed by atoms with E-state index in [2.05, 4.69) is 45.5 Å². The number of fused-ring (bicyclic) bond motifs is 2. The molecule has 2 atom stereocenters. The molecule has 2 bridgehead atoms. The Morgan fingerprint density at radius 1 is 1.17 bits per heavy atom. The molecule has 0 aliphatic carbocycles. The van der Waals surface area contributed by atoms with Gasteiger partial charge in [-0.25, -0.2) is 0 Å². The lowest BCUT2D eigenvalue weighted by atomic mass is 9.73. The average molecular weight is 266 g/mol. The van der Waals surface area contributed by atoms with E-state index in [0.29, 0.717) is 5.25 Å². The Balaban J connectivity index is 1.79. The summed E-state index contributed by atoms with van der Waals surface area (Å²) >= 11 is 2.15. The second-order valence-electron chi connectivity index (χ2n) is 6.76. The molecule has 0 amide bonds. The molecule has 0 aromatic carbocycles. The molecule has 0 N–H and O–H groups in total. The summed E-state index contributed by atoms with van der Waals surface area (Å²) in [7, 11) is -0.112. The lowest BCUT2D eigenvalue weighted by Crippen LogP contribution is -2.41. The molecule has 2 fully saturated rings. The van der Waals surface area contributed by atoms with Crippen LogP contribution in [0.5, 0.6) is 0 Å². The quantitative estimate of drug-likeness (QED) is 0.675. The van der Waals surface area contributed by atoms with Crippen LogP contribution in [0.2, 0.25) is 0 Å². The van der Waals surface area contributed by atoms with E-state index in [9.17, 15) is 0 Å². The second-order valence-corrected chi connectivity index (χ2v) is 8.31.